The van der Waals surface area contributed by atoms with Crippen molar-refractivity contribution in [3.63, 3.8) is 0 Å². The number of thioether (sulfide) groups is 1. The smallest absolute Gasteiger partial charge is 0.355 e. The lowest BCUT2D eigenvalue weighted by Crippen LogP contribution is -2.32. The van der Waals surface area contributed by atoms with E-state index in [1.54, 1.807) is 37.3 Å². The maximum atomic E-state index is 13.3. The van der Waals surface area contributed by atoms with E-state index in [-0.39, 0.29) is 16.8 Å². The first kappa shape index (κ1) is 21.8. The summed E-state index contributed by atoms with van der Waals surface area (Å²) in [7, 11) is 0. The van der Waals surface area contributed by atoms with E-state index < -0.39 is 17.1 Å². The Balaban J connectivity index is 1.70. The number of carbonyl (C=O) groups excluding carboxylic acids is 1. The summed E-state index contributed by atoms with van der Waals surface area (Å²) in [5.41, 5.74) is 0.770. The molecule has 1 atom stereocenters. The SMILES string of the molecule is C[C@H](Sc1nc(-c2ccccc2)cc(C(F)(F)F)n1)C(=O)NCCc1ccccc1. The minimum absolute atomic E-state index is 0.0885. The molecule has 4 nitrogen and oxygen atoms in total. The monoisotopic (exact) mass is 431 g/mol. The number of hydrogen-bond donors (Lipinski definition) is 1. The molecule has 3 rings (SSSR count). The number of hydrogen-bond acceptors (Lipinski definition) is 4. The second-order valence-electron chi connectivity index (χ2n) is 6.57. The van der Waals surface area contributed by atoms with Gasteiger partial charge in [-0.05, 0) is 25.0 Å². The number of halogens is 3. The molecule has 0 radical (unpaired) electrons. The minimum atomic E-state index is -4.61. The first-order valence-electron chi connectivity index (χ1n) is 9.33. The van der Waals surface area contributed by atoms with Crippen LogP contribution in [0.15, 0.2) is 71.9 Å². The third kappa shape index (κ3) is 6.06. The minimum Gasteiger partial charge on any atom is -0.355 e. The van der Waals surface area contributed by atoms with Crippen LogP contribution in [0.25, 0.3) is 11.3 Å². The molecule has 3 aromatic rings. The Labute approximate surface area is 177 Å². The highest BCUT2D eigenvalue weighted by Gasteiger charge is 2.34. The van der Waals surface area contributed by atoms with Crippen molar-refractivity contribution in [1.29, 1.82) is 0 Å². The van der Waals surface area contributed by atoms with E-state index in [2.05, 4.69) is 15.3 Å². The molecule has 30 heavy (non-hydrogen) atoms. The predicted molar refractivity (Wildman–Crippen MR) is 111 cm³/mol. The Morgan fingerprint density at radius 3 is 2.30 bits per heavy atom. The molecule has 0 saturated heterocycles. The molecule has 0 aliphatic heterocycles. The van der Waals surface area contributed by atoms with Gasteiger partial charge in [0.05, 0.1) is 10.9 Å². The molecule has 0 bridgehead atoms. The zero-order valence-electron chi connectivity index (χ0n) is 16.2. The molecule has 0 aliphatic rings. The fourth-order valence-electron chi connectivity index (χ4n) is 2.71. The maximum absolute atomic E-state index is 13.3. The van der Waals surface area contributed by atoms with E-state index in [9.17, 15) is 18.0 Å². The zero-order chi connectivity index (χ0) is 21.6. The van der Waals surface area contributed by atoms with Gasteiger partial charge in [-0.15, -0.1) is 0 Å². The number of nitrogens with one attached hydrogen (secondary N) is 1. The second kappa shape index (κ2) is 9.75. The van der Waals surface area contributed by atoms with Gasteiger partial charge in [0, 0.05) is 12.1 Å². The first-order chi connectivity index (χ1) is 14.3. The van der Waals surface area contributed by atoms with Crippen LogP contribution in [0.3, 0.4) is 0 Å². The van der Waals surface area contributed by atoms with E-state index in [1.165, 1.54) is 0 Å². The normalized spacial score (nSPS) is 12.4. The summed E-state index contributed by atoms with van der Waals surface area (Å²) in [6.45, 7) is 2.06. The van der Waals surface area contributed by atoms with Crippen molar-refractivity contribution in [3.05, 3.63) is 78.0 Å². The van der Waals surface area contributed by atoms with Crippen LogP contribution in [-0.2, 0) is 17.4 Å². The largest absolute Gasteiger partial charge is 0.433 e. The topological polar surface area (TPSA) is 54.9 Å². The Morgan fingerprint density at radius 2 is 1.67 bits per heavy atom. The van der Waals surface area contributed by atoms with Gasteiger partial charge in [0.2, 0.25) is 5.91 Å². The molecule has 1 aromatic heterocycles. The molecule has 0 unspecified atom stereocenters. The molecule has 8 heteroatoms. The molecular formula is C22H20F3N3OS. The van der Waals surface area contributed by atoms with Crippen LogP contribution in [0.4, 0.5) is 13.2 Å². The Hall–Kier alpha value is -2.87. The zero-order valence-corrected chi connectivity index (χ0v) is 17.0. The number of rotatable bonds is 7. The summed E-state index contributed by atoms with van der Waals surface area (Å²) in [6.07, 6.45) is -3.94. The summed E-state index contributed by atoms with van der Waals surface area (Å²) in [6, 6.07) is 19.2. The van der Waals surface area contributed by atoms with Gasteiger partial charge in [-0.3, -0.25) is 4.79 Å². The van der Waals surface area contributed by atoms with Crippen LogP contribution >= 0.6 is 11.8 Å². The third-order valence-corrected chi connectivity index (χ3v) is 5.23. The van der Waals surface area contributed by atoms with Crippen molar-refractivity contribution in [1.82, 2.24) is 15.3 Å². The highest BCUT2D eigenvalue weighted by molar-refractivity contribution is 8.00. The van der Waals surface area contributed by atoms with Crippen molar-refractivity contribution in [2.24, 2.45) is 0 Å². The lowest BCUT2D eigenvalue weighted by molar-refractivity contribution is -0.141. The van der Waals surface area contributed by atoms with Crippen molar-refractivity contribution < 1.29 is 18.0 Å². The van der Waals surface area contributed by atoms with Crippen molar-refractivity contribution in [3.8, 4) is 11.3 Å². The quantitative estimate of drug-likeness (QED) is 0.422. The summed E-state index contributed by atoms with van der Waals surface area (Å²) in [5.74, 6) is -0.279. The van der Waals surface area contributed by atoms with Gasteiger partial charge >= 0.3 is 6.18 Å². The average molecular weight is 431 g/mol. The molecule has 156 valence electrons. The van der Waals surface area contributed by atoms with Crippen molar-refractivity contribution in [2.75, 3.05) is 6.54 Å². The van der Waals surface area contributed by atoms with Gasteiger partial charge in [-0.25, -0.2) is 9.97 Å². The Morgan fingerprint density at radius 1 is 1.03 bits per heavy atom. The van der Waals surface area contributed by atoms with Crippen molar-refractivity contribution in [2.45, 2.75) is 29.9 Å². The van der Waals surface area contributed by atoms with Gasteiger partial charge in [-0.1, -0.05) is 72.4 Å². The molecule has 0 spiro atoms. The van der Waals surface area contributed by atoms with Gasteiger partial charge in [0.1, 0.15) is 5.69 Å². The molecule has 0 saturated carbocycles. The second-order valence-corrected chi connectivity index (χ2v) is 7.88. The van der Waals surface area contributed by atoms with Crippen LogP contribution in [-0.4, -0.2) is 27.7 Å². The van der Waals surface area contributed by atoms with Gasteiger partial charge in [0.25, 0.3) is 0 Å². The lowest BCUT2D eigenvalue weighted by Gasteiger charge is -2.14. The third-order valence-electron chi connectivity index (χ3n) is 4.27. The van der Waals surface area contributed by atoms with Crippen LogP contribution < -0.4 is 5.32 Å². The molecule has 1 heterocycles. The van der Waals surface area contributed by atoms with Gasteiger partial charge < -0.3 is 5.32 Å². The fraction of sp³-hybridized carbons (Fsp3) is 0.227. The number of benzene rings is 2. The maximum Gasteiger partial charge on any atom is 0.433 e. The highest BCUT2D eigenvalue weighted by Crippen LogP contribution is 2.32. The van der Waals surface area contributed by atoms with E-state index in [4.69, 9.17) is 0 Å². The van der Waals surface area contributed by atoms with E-state index in [1.807, 2.05) is 30.3 Å². The standard InChI is InChI=1S/C22H20F3N3OS/c1-15(20(29)26-13-12-16-8-4-2-5-9-16)30-21-27-18(17-10-6-3-7-11-17)14-19(28-21)22(23,24)25/h2-11,14-15H,12-13H2,1H3,(H,26,29)/t15-/m0/s1. The Bertz CT molecular complexity index is 982. The van der Waals surface area contributed by atoms with Crippen LogP contribution in [0.1, 0.15) is 18.2 Å². The summed E-state index contributed by atoms with van der Waals surface area (Å²) in [5, 5.41) is 2.07. The molecule has 2 aromatic carbocycles. The van der Waals surface area contributed by atoms with Crippen molar-refractivity contribution >= 4 is 17.7 Å². The number of alkyl halides is 3. The first-order valence-corrected chi connectivity index (χ1v) is 10.2. The fourth-order valence-corrected chi connectivity index (χ4v) is 3.52. The van der Waals surface area contributed by atoms with Crippen LogP contribution in [0.2, 0.25) is 0 Å². The number of aromatic nitrogens is 2. The van der Waals surface area contributed by atoms with Gasteiger partial charge in [0.15, 0.2) is 5.16 Å². The summed E-state index contributed by atoms with van der Waals surface area (Å²) < 4.78 is 39.9. The highest BCUT2D eigenvalue weighted by atomic mass is 32.2. The molecule has 0 fully saturated rings. The van der Waals surface area contributed by atoms with E-state index >= 15 is 0 Å². The van der Waals surface area contributed by atoms with Crippen LogP contribution in [0.5, 0.6) is 0 Å². The average Bonchev–Trinajstić information content (AvgIpc) is 2.74. The molecule has 1 N–H and O–H groups in total. The number of amides is 1. The van der Waals surface area contributed by atoms with Gasteiger partial charge in [-0.2, -0.15) is 13.2 Å². The lowest BCUT2D eigenvalue weighted by atomic mass is 10.1. The number of nitrogens with zero attached hydrogens (tertiary/aromatic N) is 2. The number of carbonyl (C=O) groups is 1. The predicted octanol–water partition coefficient (Wildman–Crippen LogP) is 5.00. The summed E-state index contributed by atoms with van der Waals surface area (Å²) in [4.78, 5) is 20.2. The van der Waals surface area contributed by atoms with E-state index in [0.29, 0.717) is 18.5 Å². The molecular weight excluding hydrogens is 411 g/mol. The molecule has 0 aliphatic carbocycles. The van der Waals surface area contributed by atoms with E-state index in [0.717, 1.165) is 23.4 Å². The summed E-state index contributed by atoms with van der Waals surface area (Å²) >= 11 is 0.903. The molecule has 1 amide bonds. The Kier molecular flexibility index (Phi) is 7.10. The van der Waals surface area contributed by atoms with Crippen LogP contribution in [0, 0.1) is 0 Å².